The summed E-state index contributed by atoms with van der Waals surface area (Å²) in [5.41, 5.74) is 7.19. The summed E-state index contributed by atoms with van der Waals surface area (Å²) in [6.45, 7) is 0. The Morgan fingerprint density at radius 3 is 2.11 bits per heavy atom. The van der Waals surface area contributed by atoms with E-state index in [-0.39, 0.29) is 5.54 Å². The van der Waals surface area contributed by atoms with Gasteiger partial charge in [0.25, 0.3) is 0 Å². The summed E-state index contributed by atoms with van der Waals surface area (Å²) < 4.78 is 17.0. The van der Waals surface area contributed by atoms with Crippen LogP contribution in [0.4, 0.5) is 0 Å². The van der Waals surface area contributed by atoms with Crippen molar-refractivity contribution >= 4 is 15.9 Å². The second-order valence-corrected chi connectivity index (χ2v) is 5.66. The molecular formula is C14H20BrNO3. The van der Waals surface area contributed by atoms with Crippen LogP contribution in [0.25, 0.3) is 0 Å². The van der Waals surface area contributed by atoms with Crippen LogP contribution < -0.4 is 19.9 Å². The number of nitrogens with two attached hydrogens (primary N) is 1. The fraction of sp³-hybridized carbons (Fsp3) is 0.571. The van der Waals surface area contributed by atoms with Crippen molar-refractivity contribution in [1.82, 2.24) is 0 Å². The first-order valence-corrected chi connectivity index (χ1v) is 7.14. The van der Waals surface area contributed by atoms with Gasteiger partial charge in [-0.1, -0.05) is 12.8 Å². The van der Waals surface area contributed by atoms with E-state index in [4.69, 9.17) is 19.9 Å². The van der Waals surface area contributed by atoms with Crippen LogP contribution in [-0.2, 0) is 5.54 Å². The van der Waals surface area contributed by atoms with Crippen molar-refractivity contribution in [3.63, 3.8) is 0 Å². The zero-order valence-electron chi connectivity index (χ0n) is 11.6. The first-order valence-electron chi connectivity index (χ1n) is 6.35. The third kappa shape index (κ3) is 2.41. The molecule has 1 fully saturated rings. The van der Waals surface area contributed by atoms with E-state index in [2.05, 4.69) is 15.9 Å². The molecule has 0 aromatic heterocycles. The Hall–Kier alpha value is -0.940. The maximum Gasteiger partial charge on any atom is 0.178 e. The van der Waals surface area contributed by atoms with E-state index in [9.17, 15) is 0 Å². The van der Waals surface area contributed by atoms with Gasteiger partial charge in [-0.25, -0.2) is 0 Å². The van der Waals surface area contributed by atoms with Gasteiger partial charge in [0.05, 0.1) is 21.3 Å². The van der Waals surface area contributed by atoms with Crippen molar-refractivity contribution in [1.29, 1.82) is 0 Å². The lowest BCUT2D eigenvalue weighted by atomic mass is 9.88. The molecule has 1 aromatic carbocycles. The SMILES string of the molecule is COc1cc(C2(N)CCCC2)c(OC)c(Br)c1OC. The van der Waals surface area contributed by atoms with Gasteiger partial charge in [0.2, 0.25) is 0 Å². The molecule has 106 valence electrons. The molecule has 0 aliphatic heterocycles. The van der Waals surface area contributed by atoms with Gasteiger partial charge in [0.1, 0.15) is 10.2 Å². The highest BCUT2D eigenvalue weighted by Gasteiger charge is 2.36. The summed E-state index contributed by atoms with van der Waals surface area (Å²) in [6.07, 6.45) is 4.22. The second-order valence-electron chi connectivity index (χ2n) is 4.87. The number of benzene rings is 1. The molecule has 19 heavy (non-hydrogen) atoms. The molecule has 2 rings (SSSR count). The fourth-order valence-electron chi connectivity index (χ4n) is 2.78. The van der Waals surface area contributed by atoms with Crippen LogP contribution in [0.15, 0.2) is 10.5 Å². The van der Waals surface area contributed by atoms with Gasteiger partial charge in [0, 0.05) is 11.1 Å². The fourth-order valence-corrected chi connectivity index (χ4v) is 3.51. The molecule has 0 unspecified atom stereocenters. The van der Waals surface area contributed by atoms with E-state index < -0.39 is 0 Å². The number of hydrogen-bond acceptors (Lipinski definition) is 4. The van der Waals surface area contributed by atoms with Gasteiger partial charge in [-0.05, 0) is 34.8 Å². The zero-order chi connectivity index (χ0) is 14.0. The molecule has 2 N–H and O–H groups in total. The molecule has 1 aliphatic rings. The number of hydrogen-bond donors (Lipinski definition) is 1. The van der Waals surface area contributed by atoms with Gasteiger partial charge < -0.3 is 19.9 Å². The maximum absolute atomic E-state index is 6.54. The molecule has 5 heteroatoms. The molecule has 0 atom stereocenters. The van der Waals surface area contributed by atoms with Crippen molar-refractivity contribution in [3.8, 4) is 17.2 Å². The summed E-state index contributed by atoms with van der Waals surface area (Å²) >= 11 is 3.53. The minimum absolute atomic E-state index is 0.340. The Kier molecular flexibility index (Phi) is 4.26. The van der Waals surface area contributed by atoms with Crippen LogP contribution in [0, 0.1) is 0 Å². The Bertz CT molecular complexity index is 470. The van der Waals surface area contributed by atoms with Gasteiger partial charge in [0.15, 0.2) is 11.5 Å². The molecule has 0 radical (unpaired) electrons. The quantitative estimate of drug-likeness (QED) is 0.921. The molecule has 0 amide bonds. The van der Waals surface area contributed by atoms with Crippen LogP contribution in [0.2, 0.25) is 0 Å². The molecule has 1 aliphatic carbocycles. The molecule has 0 saturated heterocycles. The minimum Gasteiger partial charge on any atom is -0.495 e. The highest BCUT2D eigenvalue weighted by atomic mass is 79.9. The zero-order valence-corrected chi connectivity index (χ0v) is 13.2. The summed E-state index contributed by atoms with van der Waals surface area (Å²) in [6, 6.07) is 1.94. The van der Waals surface area contributed by atoms with E-state index in [0.29, 0.717) is 11.5 Å². The molecule has 1 aromatic rings. The van der Waals surface area contributed by atoms with Crippen LogP contribution >= 0.6 is 15.9 Å². The second kappa shape index (κ2) is 5.59. The monoisotopic (exact) mass is 329 g/mol. The topological polar surface area (TPSA) is 53.7 Å². The van der Waals surface area contributed by atoms with E-state index in [1.165, 1.54) is 0 Å². The average Bonchev–Trinajstić information content (AvgIpc) is 2.85. The lowest BCUT2D eigenvalue weighted by Gasteiger charge is -2.28. The Balaban J connectivity index is 2.63. The molecule has 1 saturated carbocycles. The van der Waals surface area contributed by atoms with Crippen molar-refractivity contribution in [2.24, 2.45) is 5.73 Å². The van der Waals surface area contributed by atoms with Gasteiger partial charge in [-0.3, -0.25) is 0 Å². The van der Waals surface area contributed by atoms with Crippen LogP contribution in [0.5, 0.6) is 17.2 Å². The Morgan fingerprint density at radius 1 is 1.05 bits per heavy atom. The average molecular weight is 330 g/mol. The molecule has 4 nitrogen and oxygen atoms in total. The number of methoxy groups -OCH3 is 3. The lowest BCUT2D eigenvalue weighted by Crippen LogP contribution is -2.33. The summed E-state index contributed by atoms with van der Waals surface area (Å²) in [7, 11) is 4.88. The molecule has 0 spiro atoms. The molecular weight excluding hydrogens is 310 g/mol. The van der Waals surface area contributed by atoms with Crippen molar-refractivity contribution < 1.29 is 14.2 Å². The van der Waals surface area contributed by atoms with Crippen molar-refractivity contribution in [2.75, 3.05) is 21.3 Å². The summed E-state index contributed by atoms with van der Waals surface area (Å²) in [5.74, 6) is 2.04. The summed E-state index contributed by atoms with van der Waals surface area (Å²) in [4.78, 5) is 0. The molecule has 0 bridgehead atoms. The van der Waals surface area contributed by atoms with E-state index in [0.717, 1.165) is 41.5 Å². The highest BCUT2D eigenvalue weighted by Crippen LogP contribution is 2.50. The predicted molar refractivity (Wildman–Crippen MR) is 78.1 cm³/mol. The Morgan fingerprint density at radius 2 is 1.63 bits per heavy atom. The van der Waals surface area contributed by atoms with Crippen molar-refractivity contribution in [3.05, 3.63) is 16.1 Å². The van der Waals surface area contributed by atoms with E-state index in [1.807, 2.05) is 6.07 Å². The van der Waals surface area contributed by atoms with Crippen LogP contribution in [0.3, 0.4) is 0 Å². The lowest BCUT2D eigenvalue weighted by molar-refractivity contribution is 0.336. The van der Waals surface area contributed by atoms with Crippen LogP contribution in [0.1, 0.15) is 31.2 Å². The van der Waals surface area contributed by atoms with E-state index >= 15 is 0 Å². The number of rotatable bonds is 4. The smallest absolute Gasteiger partial charge is 0.178 e. The first kappa shape index (κ1) is 14.5. The van der Waals surface area contributed by atoms with Gasteiger partial charge >= 0.3 is 0 Å². The predicted octanol–water partition coefficient (Wildman–Crippen LogP) is 3.20. The third-order valence-corrected chi connectivity index (χ3v) is 4.52. The standard InChI is InChI=1S/C14H20BrNO3/c1-17-10-8-9(14(16)6-4-5-7-14)12(18-2)11(15)13(10)19-3/h8H,4-7,16H2,1-3H3. The number of halogens is 1. The minimum atomic E-state index is -0.340. The normalized spacial score (nSPS) is 17.3. The van der Waals surface area contributed by atoms with Crippen molar-refractivity contribution in [2.45, 2.75) is 31.2 Å². The highest BCUT2D eigenvalue weighted by molar-refractivity contribution is 9.10. The van der Waals surface area contributed by atoms with Gasteiger partial charge in [-0.2, -0.15) is 0 Å². The van der Waals surface area contributed by atoms with E-state index in [1.54, 1.807) is 21.3 Å². The largest absolute Gasteiger partial charge is 0.495 e. The maximum atomic E-state index is 6.54. The van der Waals surface area contributed by atoms with Crippen LogP contribution in [-0.4, -0.2) is 21.3 Å². The summed E-state index contributed by atoms with van der Waals surface area (Å²) in [5, 5.41) is 0. The number of ether oxygens (including phenoxy) is 3. The molecule has 0 heterocycles. The third-order valence-electron chi connectivity index (χ3n) is 3.80. The Labute approximate surface area is 122 Å². The first-order chi connectivity index (χ1) is 9.07. The van der Waals surface area contributed by atoms with Gasteiger partial charge in [-0.15, -0.1) is 0 Å².